The van der Waals surface area contributed by atoms with E-state index >= 15 is 0 Å². The molecule has 10 heteroatoms. The summed E-state index contributed by atoms with van der Waals surface area (Å²) in [6, 6.07) is 19.4. The van der Waals surface area contributed by atoms with E-state index < -0.39 is 28.5 Å². The molecule has 0 unspecified atom stereocenters. The largest absolute Gasteiger partial charge is 0.497 e. The molecule has 0 fully saturated rings. The molecule has 3 rings (SSSR count). The third kappa shape index (κ3) is 7.85. The predicted molar refractivity (Wildman–Crippen MR) is 161 cm³/mol. The molecule has 0 bridgehead atoms. The van der Waals surface area contributed by atoms with Crippen LogP contribution in [0.2, 0.25) is 0 Å². The molecule has 0 aliphatic heterocycles. The molecule has 0 radical (unpaired) electrons. The monoisotopic (exact) mass is 629 g/mol. The Balaban J connectivity index is 2.01. The molecule has 0 spiro atoms. The highest BCUT2D eigenvalue weighted by Crippen LogP contribution is 2.26. The third-order valence-corrected chi connectivity index (χ3v) is 9.00. The van der Waals surface area contributed by atoms with Crippen molar-refractivity contribution in [3.8, 4) is 5.75 Å². The summed E-state index contributed by atoms with van der Waals surface area (Å²) < 4.78 is 34.9. The highest BCUT2D eigenvalue weighted by Gasteiger charge is 2.32. The van der Waals surface area contributed by atoms with Crippen LogP contribution in [0.3, 0.4) is 0 Å². The van der Waals surface area contributed by atoms with Crippen molar-refractivity contribution in [1.29, 1.82) is 0 Å². The summed E-state index contributed by atoms with van der Waals surface area (Å²) in [5.74, 6) is -0.300. The second-order valence-electron chi connectivity index (χ2n) is 9.66. The van der Waals surface area contributed by atoms with E-state index in [1.165, 1.54) is 24.1 Å². The number of hydrogen-bond acceptors (Lipinski definition) is 5. The quantitative estimate of drug-likeness (QED) is 0.294. The number of aryl methyl sites for hydroxylation is 1. The fourth-order valence-electron chi connectivity index (χ4n) is 3.95. The van der Waals surface area contributed by atoms with Crippen LogP contribution in [-0.2, 0) is 26.2 Å². The number of nitrogens with one attached hydrogen (secondary N) is 1. The molecule has 0 saturated carbocycles. The van der Waals surface area contributed by atoms with Crippen molar-refractivity contribution in [3.63, 3.8) is 0 Å². The van der Waals surface area contributed by atoms with Crippen molar-refractivity contribution in [3.05, 3.63) is 88.4 Å². The van der Waals surface area contributed by atoms with Crippen molar-refractivity contribution in [2.75, 3.05) is 18.0 Å². The topological polar surface area (TPSA) is 96.0 Å². The molecule has 2 atom stereocenters. The van der Waals surface area contributed by atoms with Crippen molar-refractivity contribution in [2.45, 2.75) is 57.6 Å². The summed E-state index contributed by atoms with van der Waals surface area (Å²) in [7, 11) is -2.65. The molecular formula is C30H36BrN3O5S. The van der Waals surface area contributed by atoms with Crippen LogP contribution >= 0.6 is 15.9 Å². The molecule has 8 nitrogen and oxygen atoms in total. The van der Waals surface area contributed by atoms with Gasteiger partial charge in [0.15, 0.2) is 0 Å². The third-order valence-electron chi connectivity index (χ3n) is 6.68. The smallest absolute Gasteiger partial charge is 0.264 e. The first-order valence-corrected chi connectivity index (χ1v) is 15.3. The second-order valence-corrected chi connectivity index (χ2v) is 12.4. The molecular weight excluding hydrogens is 594 g/mol. The van der Waals surface area contributed by atoms with Crippen LogP contribution in [0, 0.1) is 6.92 Å². The number of sulfonamides is 1. The normalized spacial score (nSPS) is 12.8. The number of nitrogens with zero attached hydrogens (tertiary/aromatic N) is 2. The van der Waals surface area contributed by atoms with Gasteiger partial charge in [-0.15, -0.1) is 0 Å². The van der Waals surface area contributed by atoms with E-state index in [4.69, 9.17) is 4.74 Å². The number of halogens is 1. The van der Waals surface area contributed by atoms with Gasteiger partial charge in [-0.25, -0.2) is 8.42 Å². The first kappa shape index (κ1) is 31.2. The Labute approximate surface area is 245 Å². The molecule has 3 aromatic carbocycles. The number of carbonyl (C=O) groups is 2. The molecule has 0 saturated heterocycles. The van der Waals surface area contributed by atoms with E-state index in [1.807, 2.05) is 45.0 Å². The Hall–Kier alpha value is -3.37. The van der Waals surface area contributed by atoms with E-state index in [0.29, 0.717) is 11.4 Å². The molecule has 1 N–H and O–H groups in total. The number of anilines is 1. The van der Waals surface area contributed by atoms with Gasteiger partial charge in [0, 0.05) is 17.1 Å². The number of carbonyl (C=O) groups excluding carboxylic acids is 2. The average Bonchev–Trinajstić information content (AvgIpc) is 2.95. The minimum Gasteiger partial charge on any atom is -0.497 e. The van der Waals surface area contributed by atoms with Crippen LogP contribution in [-0.4, -0.2) is 50.9 Å². The zero-order valence-electron chi connectivity index (χ0n) is 23.4. The Morgan fingerprint density at radius 3 is 2.10 bits per heavy atom. The lowest BCUT2D eigenvalue weighted by Gasteiger charge is -2.32. The Kier molecular flexibility index (Phi) is 10.8. The minimum atomic E-state index is -4.14. The number of ether oxygens (including phenoxy) is 1. The first-order chi connectivity index (χ1) is 19.0. The predicted octanol–water partition coefficient (Wildman–Crippen LogP) is 5.29. The van der Waals surface area contributed by atoms with E-state index in [1.54, 1.807) is 43.3 Å². The lowest BCUT2D eigenvalue weighted by molar-refractivity contribution is -0.139. The van der Waals surface area contributed by atoms with E-state index in [9.17, 15) is 18.0 Å². The minimum absolute atomic E-state index is 0.0173. The maximum atomic E-state index is 14.0. The maximum Gasteiger partial charge on any atom is 0.264 e. The van der Waals surface area contributed by atoms with Crippen LogP contribution < -0.4 is 14.4 Å². The van der Waals surface area contributed by atoms with Crippen molar-refractivity contribution in [1.82, 2.24) is 10.2 Å². The Morgan fingerprint density at radius 1 is 0.950 bits per heavy atom. The number of rotatable bonds is 12. The lowest BCUT2D eigenvalue weighted by atomic mass is 10.1. The van der Waals surface area contributed by atoms with Crippen LogP contribution in [0.1, 0.15) is 38.3 Å². The summed E-state index contributed by atoms with van der Waals surface area (Å²) in [6.45, 7) is 7.05. The van der Waals surface area contributed by atoms with E-state index in [0.717, 1.165) is 26.3 Å². The molecule has 0 aliphatic carbocycles. The van der Waals surface area contributed by atoms with Gasteiger partial charge in [0.25, 0.3) is 10.0 Å². The van der Waals surface area contributed by atoms with Gasteiger partial charge in [-0.3, -0.25) is 13.9 Å². The standard InChI is InChI=1S/C30H36BrN3O5S/c1-6-22(3)32-30(36)23(4)33(19-24-9-11-25(31)12-10-24)29(35)20-34(26-13-7-21(2)8-14-26)40(37,38)28-17-15-27(39-5)16-18-28/h7-18,22-23H,6,19-20H2,1-5H3,(H,32,36)/t22-,23-/m0/s1. The summed E-state index contributed by atoms with van der Waals surface area (Å²) in [5, 5.41) is 2.93. The van der Waals surface area contributed by atoms with Crippen LogP contribution in [0.25, 0.3) is 0 Å². The molecule has 0 aromatic heterocycles. The van der Waals surface area contributed by atoms with Gasteiger partial charge in [-0.2, -0.15) is 0 Å². The van der Waals surface area contributed by atoms with Crippen molar-refractivity contribution < 1.29 is 22.7 Å². The van der Waals surface area contributed by atoms with Crippen molar-refractivity contribution >= 4 is 43.5 Å². The van der Waals surface area contributed by atoms with E-state index in [-0.39, 0.29) is 23.4 Å². The first-order valence-electron chi connectivity index (χ1n) is 13.0. The van der Waals surface area contributed by atoms with Gasteiger partial charge in [-0.1, -0.05) is 52.7 Å². The Bertz CT molecular complexity index is 1390. The number of methoxy groups -OCH3 is 1. The Morgan fingerprint density at radius 2 is 1.55 bits per heavy atom. The van der Waals surface area contributed by atoms with Gasteiger partial charge in [0.1, 0.15) is 18.3 Å². The summed E-state index contributed by atoms with van der Waals surface area (Å²) >= 11 is 3.42. The fraction of sp³-hybridized carbons (Fsp3) is 0.333. The summed E-state index contributed by atoms with van der Waals surface area (Å²) in [4.78, 5) is 28.5. The van der Waals surface area contributed by atoms with Gasteiger partial charge >= 0.3 is 0 Å². The zero-order chi connectivity index (χ0) is 29.4. The van der Waals surface area contributed by atoms with Crippen LogP contribution in [0.15, 0.2) is 82.2 Å². The van der Waals surface area contributed by atoms with Gasteiger partial charge in [0.05, 0.1) is 17.7 Å². The van der Waals surface area contributed by atoms with Crippen molar-refractivity contribution in [2.24, 2.45) is 0 Å². The molecule has 3 aromatic rings. The summed E-state index contributed by atoms with van der Waals surface area (Å²) in [5.41, 5.74) is 2.10. The fourth-order valence-corrected chi connectivity index (χ4v) is 5.63. The second kappa shape index (κ2) is 13.8. The highest BCUT2D eigenvalue weighted by molar-refractivity contribution is 9.10. The van der Waals surface area contributed by atoms with E-state index in [2.05, 4.69) is 21.2 Å². The van der Waals surface area contributed by atoms with Gasteiger partial charge in [-0.05, 0) is 81.3 Å². The highest BCUT2D eigenvalue weighted by atomic mass is 79.9. The number of amides is 2. The molecule has 40 heavy (non-hydrogen) atoms. The molecule has 0 aliphatic rings. The average molecular weight is 631 g/mol. The SMILES string of the molecule is CC[C@H](C)NC(=O)[C@H](C)N(Cc1ccc(Br)cc1)C(=O)CN(c1ccc(C)cc1)S(=O)(=O)c1ccc(OC)cc1. The lowest BCUT2D eigenvalue weighted by Crippen LogP contribution is -2.52. The summed E-state index contributed by atoms with van der Waals surface area (Å²) in [6.07, 6.45) is 0.737. The number of hydrogen-bond donors (Lipinski definition) is 1. The molecule has 0 heterocycles. The molecule has 2 amide bonds. The van der Waals surface area contributed by atoms with Crippen LogP contribution in [0.4, 0.5) is 5.69 Å². The van der Waals surface area contributed by atoms with Gasteiger partial charge in [0.2, 0.25) is 11.8 Å². The maximum absolute atomic E-state index is 14.0. The molecule has 214 valence electrons. The number of benzene rings is 3. The van der Waals surface area contributed by atoms with Crippen LogP contribution in [0.5, 0.6) is 5.75 Å². The van der Waals surface area contributed by atoms with Gasteiger partial charge < -0.3 is 15.0 Å². The zero-order valence-corrected chi connectivity index (χ0v) is 25.8.